The van der Waals surface area contributed by atoms with Crippen LogP contribution in [0, 0.1) is 0 Å². The van der Waals surface area contributed by atoms with Gasteiger partial charge in [0.25, 0.3) is 5.91 Å². The highest BCUT2D eigenvalue weighted by molar-refractivity contribution is 5.77. The van der Waals surface area contributed by atoms with Gasteiger partial charge in [-0.25, -0.2) is 0 Å². The number of likely N-dealkylation sites (tertiary alicyclic amines) is 1. The first kappa shape index (κ1) is 15.9. The maximum Gasteiger partial charge on any atom is 0.260 e. The Morgan fingerprint density at radius 3 is 2.33 bits per heavy atom. The third-order valence-electron chi connectivity index (χ3n) is 4.00. The number of benzene rings is 1. The van der Waals surface area contributed by atoms with Crippen LogP contribution in [0.1, 0.15) is 52.0 Å². The van der Waals surface area contributed by atoms with Crippen molar-refractivity contribution in [1.29, 1.82) is 0 Å². The summed E-state index contributed by atoms with van der Waals surface area (Å²) in [7, 11) is 0. The normalized spacial score (nSPS) is 16.4. The number of hydrogen-bond donors (Lipinski definition) is 0. The van der Waals surface area contributed by atoms with Gasteiger partial charge in [0.15, 0.2) is 6.61 Å². The quantitative estimate of drug-likeness (QED) is 0.848. The van der Waals surface area contributed by atoms with Crippen molar-refractivity contribution in [2.75, 3.05) is 19.7 Å². The zero-order valence-corrected chi connectivity index (χ0v) is 13.5. The zero-order chi connectivity index (χ0) is 15.3. The van der Waals surface area contributed by atoms with E-state index in [1.165, 1.54) is 12.8 Å². The Labute approximate surface area is 128 Å². The Morgan fingerprint density at radius 1 is 1.10 bits per heavy atom. The third kappa shape index (κ3) is 4.48. The molecule has 0 spiro atoms. The lowest BCUT2D eigenvalue weighted by molar-refractivity contribution is -0.133. The first-order valence-corrected chi connectivity index (χ1v) is 7.98. The van der Waals surface area contributed by atoms with Gasteiger partial charge >= 0.3 is 0 Å². The van der Waals surface area contributed by atoms with Crippen molar-refractivity contribution in [2.45, 2.75) is 51.9 Å². The molecule has 21 heavy (non-hydrogen) atoms. The Balaban J connectivity index is 1.98. The molecule has 1 amide bonds. The molecule has 3 nitrogen and oxygen atoms in total. The van der Waals surface area contributed by atoms with Crippen LogP contribution in [0.25, 0.3) is 0 Å². The summed E-state index contributed by atoms with van der Waals surface area (Å²) in [6, 6.07) is 8.01. The third-order valence-corrected chi connectivity index (χ3v) is 4.00. The molecule has 1 heterocycles. The Kier molecular flexibility index (Phi) is 5.27. The number of carbonyl (C=O) groups excluding carboxylic acids is 1. The van der Waals surface area contributed by atoms with Gasteiger partial charge in [0, 0.05) is 13.1 Å². The zero-order valence-electron chi connectivity index (χ0n) is 13.5. The molecule has 0 N–H and O–H groups in total. The van der Waals surface area contributed by atoms with Crippen molar-refractivity contribution in [3.05, 3.63) is 29.8 Å². The predicted molar refractivity (Wildman–Crippen MR) is 85.7 cm³/mol. The highest BCUT2D eigenvalue weighted by Crippen LogP contribution is 2.30. The minimum atomic E-state index is 0.0161. The van der Waals surface area contributed by atoms with E-state index in [4.69, 9.17) is 4.74 Å². The van der Waals surface area contributed by atoms with Crippen molar-refractivity contribution < 1.29 is 9.53 Å². The monoisotopic (exact) mass is 289 g/mol. The van der Waals surface area contributed by atoms with Crippen molar-refractivity contribution in [3.63, 3.8) is 0 Å². The standard InChI is InChI=1S/C18H27NO2/c1-18(2,3)15-10-6-7-11-16(15)21-14-17(20)19-12-8-4-5-9-13-19/h6-7,10-11H,4-5,8-9,12-14H2,1-3H3. The molecule has 0 radical (unpaired) electrons. The number of carbonyl (C=O) groups is 1. The summed E-state index contributed by atoms with van der Waals surface area (Å²) < 4.78 is 5.83. The van der Waals surface area contributed by atoms with Crippen LogP contribution in [0.2, 0.25) is 0 Å². The summed E-state index contributed by atoms with van der Waals surface area (Å²) in [5.41, 5.74) is 1.16. The van der Waals surface area contributed by atoms with Crippen LogP contribution in [0.15, 0.2) is 24.3 Å². The molecule has 1 aromatic carbocycles. The largest absolute Gasteiger partial charge is 0.483 e. The number of hydrogen-bond acceptors (Lipinski definition) is 2. The van der Waals surface area contributed by atoms with Gasteiger partial charge in [-0.1, -0.05) is 51.8 Å². The second kappa shape index (κ2) is 6.97. The van der Waals surface area contributed by atoms with Gasteiger partial charge in [-0.05, 0) is 29.9 Å². The lowest BCUT2D eigenvalue weighted by atomic mass is 9.86. The van der Waals surface area contributed by atoms with E-state index in [1.807, 2.05) is 23.1 Å². The highest BCUT2D eigenvalue weighted by atomic mass is 16.5. The molecule has 0 unspecified atom stereocenters. The smallest absolute Gasteiger partial charge is 0.260 e. The fraction of sp³-hybridized carbons (Fsp3) is 0.611. The summed E-state index contributed by atoms with van der Waals surface area (Å²) in [4.78, 5) is 14.2. The van der Waals surface area contributed by atoms with E-state index in [9.17, 15) is 4.79 Å². The summed E-state index contributed by atoms with van der Waals surface area (Å²) in [6.45, 7) is 8.38. The Morgan fingerprint density at radius 2 is 1.71 bits per heavy atom. The Bertz CT molecular complexity index is 468. The molecule has 0 atom stereocenters. The first-order chi connectivity index (χ1) is 9.98. The number of ether oxygens (including phenoxy) is 1. The SMILES string of the molecule is CC(C)(C)c1ccccc1OCC(=O)N1CCCCCC1. The maximum absolute atomic E-state index is 12.3. The number of nitrogens with zero attached hydrogens (tertiary/aromatic N) is 1. The molecular formula is C18H27NO2. The molecule has 2 rings (SSSR count). The van der Waals surface area contributed by atoms with Crippen LogP contribution in [-0.2, 0) is 10.2 Å². The topological polar surface area (TPSA) is 29.5 Å². The van der Waals surface area contributed by atoms with Gasteiger partial charge in [0.05, 0.1) is 0 Å². The second-order valence-corrected chi connectivity index (χ2v) is 6.83. The van der Waals surface area contributed by atoms with E-state index < -0.39 is 0 Å². The average Bonchev–Trinajstić information content (AvgIpc) is 2.73. The van der Waals surface area contributed by atoms with E-state index >= 15 is 0 Å². The number of rotatable bonds is 3. The molecule has 0 aromatic heterocycles. The molecule has 1 aliphatic rings. The summed E-state index contributed by atoms with van der Waals surface area (Å²) in [6.07, 6.45) is 4.70. The van der Waals surface area contributed by atoms with Crippen LogP contribution in [0.3, 0.4) is 0 Å². The van der Waals surface area contributed by atoms with Crippen molar-refractivity contribution in [3.8, 4) is 5.75 Å². The van der Waals surface area contributed by atoms with E-state index in [-0.39, 0.29) is 17.9 Å². The minimum absolute atomic E-state index is 0.0161. The average molecular weight is 289 g/mol. The summed E-state index contributed by atoms with van der Waals surface area (Å²) >= 11 is 0. The molecule has 1 aliphatic heterocycles. The van der Waals surface area contributed by atoms with E-state index in [1.54, 1.807) is 0 Å². The van der Waals surface area contributed by atoms with Gasteiger partial charge in [0.1, 0.15) is 5.75 Å². The summed E-state index contributed by atoms with van der Waals surface area (Å²) in [5, 5.41) is 0. The fourth-order valence-electron chi connectivity index (χ4n) is 2.76. The van der Waals surface area contributed by atoms with Crippen LogP contribution in [-0.4, -0.2) is 30.5 Å². The molecule has 0 bridgehead atoms. The molecule has 1 fully saturated rings. The lowest BCUT2D eigenvalue weighted by Gasteiger charge is -2.24. The molecule has 116 valence electrons. The first-order valence-electron chi connectivity index (χ1n) is 7.98. The Hall–Kier alpha value is -1.51. The molecule has 0 aliphatic carbocycles. The maximum atomic E-state index is 12.3. The van der Waals surface area contributed by atoms with Crippen LogP contribution >= 0.6 is 0 Å². The summed E-state index contributed by atoms with van der Waals surface area (Å²) in [5.74, 6) is 0.939. The van der Waals surface area contributed by atoms with Crippen molar-refractivity contribution in [2.24, 2.45) is 0 Å². The second-order valence-electron chi connectivity index (χ2n) is 6.83. The van der Waals surface area contributed by atoms with E-state index in [2.05, 4.69) is 26.8 Å². The number of para-hydroxylation sites is 1. The van der Waals surface area contributed by atoms with Gasteiger partial charge < -0.3 is 9.64 Å². The van der Waals surface area contributed by atoms with Crippen molar-refractivity contribution >= 4 is 5.91 Å². The molecule has 0 saturated carbocycles. The van der Waals surface area contributed by atoms with Gasteiger partial charge in [-0.15, -0.1) is 0 Å². The molecule has 1 saturated heterocycles. The van der Waals surface area contributed by atoms with Gasteiger partial charge in [-0.2, -0.15) is 0 Å². The highest BCUT2D eigenvalue weighted by Gasteiger charge is 2.20. The molecule has 3 heteroatoms. The van der Waals surface area contributed by atoms with Gasteiger partial charge in [0.2, 0.25) is 0 Å². The van der Waals surface area contributed by atoms with Crippen molar-refractivity contribution in [1.82, 2.24) is 4.90 Å². The van der Waals surface area contributed by atoms with E-state index in [0.717, 1.165) is 37.2 Å². The number of amides is 1. The van der Waals surface area contributed by atoms with Gasteiger partial charge in [-0.3, -0.25) is 4.79 Å². The van der Waals surface area contributed by atoms with Crippen LogP contribution in [0.4, 0.5) is 0 Å². The predicted octanol–water partition coefficient (Wildman–Crippen LogP) is 3.77. The van der Waals surface area contributed by atoms with Crippen LogP contribution < -0.4 is 4.74 Å². The molecular weight excluding hydrogens is 262 g/mol. The fourth-order valence-corrected chi connectivity index (χ4v) is 2.76. The van der Waals surface area contributed by atoms with Crippen LogP contribution in [0.5, 0.6) is 5.75 Å². The molecule has 1 aromatic rings. The minimum Gasteiger partial charge on any atom is -0.483 e. The lowest BCUT2D eigenvalue weighted by Crippen LogP contribution is -2.35. The van der Waals surface area contributed by atoms with E-state index in [0.29, 0.717) is 0 Å².